The van der Waals surface area contributed by atoms with Gasteiger partial charge in [-0.15, -0.1) is 0 Å². The van der Waals surface area contributed by atoms with Crippen LogP contribution in [0.15, 0.2) is 12.1 Å². The Bertz CT molecular complexity index is 399. The maximum Gasteiger partial charge on any atom is 0.160 e. The molecule has 0 aliphatic heterocycles. The zero-order valence-electron chi connectivity index (χ0n) is 8.01. The smallest absolute Gasteiger partial charge is 0.160 e. The Kier molecular flexibility index (Phi) is 2.48. The minimum Gasteiger partial charge on any atom is -0.294 e. The number of carbonyl (C=O) groups is 1. The van der Waals surface area contributed by atoms with E-state index in [-0.39, 0.29) is 5.78 Å². The molecule has 0 radical (unpaired) electrons. The molecule has 1 aromatic carbocycles. The van der Waals surface area contributed by atoms with E-state index < -0.39 is 0 Å². The predicted molar refractivity (Wildman–Crippen MR) is 50.6 cm³/mol. The fourth-order valence-corrected chi connectivity index (χ4v) is 1.51. The number of rotatable bonds is 1. The third-order valence-electron chi connectivity index (χ3n) is 2.15. The lowest BCUT2D eigenvalue weighted by Gasteiger charge is -2.06. The molecular formula is C11H11NO. The highest BCUT2D eigenvalue weighted by atomic mass is 16.1. The second-order valence-electron chi connectivity index (χ2n) is 3.10. The SMILES string of the molecule is CC(=O)c1c(C)ccc(C#N)c1C. The van der Waals surface area contributed by atoms with Crippen LogP contribution in [0.3, 0.4) is 0 Å². The number of aryl methyl sites for hydroxylation is 1. The van der Waals surface area contributed by atoms with Gasteiger partial charge in [-0.25, -0.2) is 0 Å². The summed E-state index contributed by atoms with van der Waals surface area (Å²) in [5.74, 6) is 0.0205. The van der Waals surface area contributed by atoms with Crippen LogP contribution in [-0.2, 0) is 0 Å². The van der Waals surface area contributed by atoms with Gasteiger partial charge in [0.25, 0.3) is 0 Å². The van der Waals surface area contributed by atoms with E-state index in [0.29, 0.717) is 11.1 Å². The van der Waals surface area contributed by atoms with Crippen molar-refractivity contribution in [1.29, 1.82) is 5.26 Å². The van der Waals surface area contributed by atoms with Crippen LogP contribution in [0.1, 0.15) is 34.0 Å². The summed E-state index contributed by atoms with van der Waals surface area (Å²) in [4.78, 5) is 11.2. The molecule has 66 valence electrons. The number of carbonyl (C=O) groups excluding carboxylic acids is 1. The van der Waals surface area contributed by atoms with Gasteiger partial charge in [0.1, 0.15) is 0 Å². The summed E-state index contributed by atoms with van der Waals surface area (Å²) in [7, 11) is 0. The number of nitriles is 1. The van der Waals surface area contributed by atoms with Gasteiger partial charge in [0, 0.05) is 5.56 Å². The highest BCUT2D eigenvalue weighted by Crippen LogP contribution is 2.17. The molecule has 0 amide bonds. The molecule has 0 aliphatic carbocycles. The van der Waals surface area contributed by atoms with E-state index >= 15 is 0 Å². The number of ketones is 1. The molecule has 0 bridgehead atoms. The van der Waals surface area contributed by atoms with E-state index in [1.54, 1.807) is 6.07 Å². The Morgan fingerprint density at radius 3 is 2.46 bits per heavy atom. The lowest BCUT2D eigenvalue weighted by molar-refractivity contribution is 0.101. The van der Waals surface area contributed by atoms with Gasteiger partial charge in [0.2, 0.25) is 0 Å². The van der Waals surface area contributed by atoms with Crippen molar-refractivity contribution in [2.24, 2.45) is 0 Å². The molecule has 0 spiro atoms. The Morgan fingerprint density at radius 1 is 1.38 bits per heavy atom. The predicted octanol–water partition coefficient (Wildman–Crippen LogP) is 2.38. The number of hydrogen-bond donors (Lipinski definition) is 0. The van der Waals surface area contributed by atoms with Crippen molar-refractivity contribution >= 4 is 5.78 Å². The summed E-state index contributed by atoms with van der Waals surface area (Å²) in [6, 6.07) is 5.62. The molecule has 13 heavy (non-hydrogen) atoms. The van der Waals surface area contributed by atoms with Crippen LogP contribution >= 0.6 is 0 Å². The van der Waals surface area contributed by atoms with Crippen molar-refractivity contribution in [2.45, 2.75) is 20.8 Å². The van der Waals surface area contributed by atoms with E-state index in [1.807, 2.05) is 19.9 Å². The van der Waals surface area contributed by atoms with Crippen LogP contribution in [0.25, 0.3) is 0 Å². The molecule has 0 unspecified atom stereocenters. The largest absolute Gasteiger partial charge is 0.294 e. The van der Waals surface area contributed by atoms with Crippen molar-refractivity contribution < 1.29 is 4.79 Å². The second-order valence-corrected chi connectivity index (χ2v) is 3.10. The van der Waals surface area contributed by atoms with Gasteiger partial charge in [0.05, 0.1) is 11.6 Å². The third kappa shape index (κ3) is 1.59. The van der Waals surface area contributed by atoms with Gasteiger partial charge in [-0.05, 0) is 38.0 Å². The second kappa shape index (κ2) is 3.40. The number of benzene rings is 1. The molecule has 0 saturated heterocycles. The molecular weight excluding hydrogens is 162 g/mol. The van der Waals surface area contributed by atoms with Gasteiger partial charge in [-0.2, -0.15) is 5.26 Å². The summed E-state index contributed by atoms with van der Waals surface area (Å²) >= 11 is 0. The zero-order chi connectivity index (χ0) is 10.0. The van der Waals surface area contributed by atoms with Crippen molar-refractivity contribution in [1.82, 2.24) is 0 Å². The van der Waals surface area contributed by atoms with Crippen molar-refractivity contribution in [3.8, 4) is 6.07 Å². The van der Waals surface area contributed by atoms with E-state index in [2.05, 4.69) is 6.07 Å². The van der Waals surface area contributed by atoms with E-state index in [4.69, 9.17) is 5.26 Å². The first-order valence-corrected chi connectivity index (χ1v) is 4.09. The monoisotopic (exact) mass is 173 g/mol. The first-order chi connectivity index (χ1) is 6.07. The van der Waals surface area contributed by atoms with Crippen LogP contribution in [0.5, 0.6) is 0 Å². The molecule has 0 heterocycles. The molecule has 0 aliphatic rings. The summed E-state index contributed by atoms with van der Waals surface area (Å²) in [6.07, 6.45) is 0. The van der Waals surface area contributed by atoms with Crippen LogP contribution < -0.4 is 0 Å². The Balaban J connectivity index is 3.50. The Labute approximate surface area is 77.8 Å². The van der Waals surface area contributed by atoms with Crippen LogP contribution in [-0.4, -0.2) is 5.78 Å². The summed E-state index contributed by atoms with van der Waals surface area (Å²) < 4.78 is 0. The molecule has 1 rings (SSSR count). The van der Waals surface area contributed by atoms with Crippen molar-refractivity contribution in [2.75, 3.05) is 0 Å². The van der Waals surface area contributed by atoms with E-state index in [9.17, 15) is 4.79 Å². The molecule has 0 N–H and O–H groups in total. The Hall–Kier alpha value is -1.62. The fraction of sp³-hybridized carbons (Fsp3) is 0.273. The van der Waals surface area contributed by atoms with Gasteiger partial charge in [0.15, 0.2) is 5.78 Å². The third-order valence-corrected chi connectivity index (χ3v) is 2.15. The molecule has 0 aromatic heterocycles. The highest BCUT2D eigenvalue weighted by molar-refractivity contribution is 5.97. The normalized spacial score (nSPS) is 9.38. The zero-order valence-corrected chi connectivity index (χ0v) is 8.01. The maximum atomic E-state index is 11.2. The quantitative estimate of drug-likeness (QED) is 0.612. The minimum absolute atomic E-state index is 0.0205. The molecule has 2 heteroatoms. The summed E-state index contributed by atoms with van der Waals surface area (Å²) in [5.41, 5.74) is 2.98. The summed E-state index contributed by atoms with van der Waals surface area (Å²) in [6.45, 7) is 5.21. The van der Waals surface area contributed by atoms with E-state index in [0.717, 1.165) is 11.1 Å². The van der Waals surface area contributed by atoms with Crippen LogP contribution in [0, 0.1) is 25.2 Å². The average Bonchev–Trinajstić information content (AvgIpc) is 2.04. The standard InChI is InChI=1S/C11H11NO/c1-7-4-5-10(6-12)8(2)11(7)9(3)13/h4-5H,1-3H3. The maximum absolute atomic E-state index is 11.2. The van der Waals surface area contributed by atoms with Gasteiger partial charge in [-0.1, -0.05) is 6.07 Å². The van der Waals surface area contributed by atoms with Crippen molar-refractivity contribution in [3.63, 3.8) is 0 Å². The minimum atomic E-state index is 0.0205. The first-order valence-electron chi connectivity index (χ1n) is 4.09. The van der Waals surface area contributed by atoms with Crippen LogP contribution in [0.2, 0.25) is 0 Å². The molecule has 0 saturated carbocycles. The molecule has 0 atom stereocenters. The number of nitrogens with zero attached hydrogens (tertiary/aromatic N) is 1. The molecule has 1 aromatic rings. The Morgan fingerprint density at radius 2 is 2.00 bits per heavy atom. The topological polar surface area (TPSA) is 40.9 Å². The number of hydrogen-bond acceptors (Lipinski definition) is 2. The first kappa shape index (κ1) is 9.47. The average molecular weight is 173 g/mol. The van der Waals surface area contributed by atoms with Gasteiger partial charge >= 0.3 is 0 Å². The lowest BCUT2D eigenvalue weighted by atomic mass is 9.96. The molecule has 2 nitrogen and oxygen atoms in total. The van der Waals surface area contributed by atoms with Crippen LogP contribution in [0.4, 0.5) is 0 Å². The van der Waals surface area contributed by atoms with Gasteiger partial charge in [-0.3, -0.25) is 4.79 Å². The van der Waals surface area contributed by atoms with E-state index in [1.165, 1.54) is 6.92 Å². The van der Waals surface area contributed by atoms with Crippen molar-refractivity contribution in [3.05, 3.63) is 34.4 Å². The lowest BCUT2D eigenvalue weighted by Crippen LogP contribution is -2.01. The number of Topliss-reactive ketones (excluding diaryl/α,β-unsaturated/α-hetero) is 1. The summed E-state index contributed by atoms with van der Waals surface area (Å²) in [5, 5.41) is 8.75. The fourth-order valence-electron chi connectivity index (χ4n) is 1.51. The van der Waals surface area contributed by atoms with Gasteiger partial charge < -0.3 is 0 Å². The molecule has 0 fully saturated rings. The highest BCUT2D eigenvalue weighted by Gasteiger charge is 2.10.